The number of aromatic nitrogens is 5. The Morgan fingerprint density at radius 2 is 1.79 bits per heavy atom. The quantitative estimate of drug-likeness (QED) is 0.423. The average molecular weight is 437 g/mol. The first-order chi connectivity index (χ1) is 16.0. The molecule has 0 unspecified atom stereocenters. The van der Waals surface area contributed by atoms with Crippen LogP contribution in [0.3, 0.4) is 0 Å². The first kappa shape index (κ1) is 20.6. The molecule has 5 rings (SSSR count). The third-order valence-electron chi connectivity index (χ3n) is 5.74. The van der Waals surface area contributed by atoms with E-state index in [1.54, 1.807) is 21.8 Å². The second kappa shape index (κ2) is 8.35. The van der Waals surface area contributed by atoms with Gasteiger partial charge in [-0.15, -0.1) is 0 Å². The number of carbonyl (C=O) groups is 1. The van der Waals surface area contributed by atoms with Gasteiger partial charge in [0.25, 0.3) is 5.91 Å². The van der Waals surface area contributed by atoms with Crippen LogP contribution in [0, 0.1) is 6.92 Å². The zero-order chi connectivity index (χ0) is 22.9. The summed E-state index contributed by atoms with van der Waals surface area (Å²) in [6.07, 6.45) is 4.38. The Labute approximate surface area is 191 Å². The van der Waals surface area contributed by atoms with Crippen LogP contribution in [0.25, 0.3) is 28.0 Å². The van der Waals surface area contributed by atoms with Crippen molar-refractivity contribution in [3.05, 3.63) is 89.9 Å². The van der Waals surface area contributed by atoms with Crippen LogP contribution in [0.2, 0.25) is 0 Å². The predicted molar refractivity (Wildman–Crippen MR) is 130 cm³/mol. The Hall–Kier alpha value is -4.26. The van der Waals surface area contributed by atoms with Crippen molar-refractivity contribution in [2.24, 2.45) is 7.05 Å². The largest absolute Gasteiger partial charge is 0.320 e. The van der Waals surface area contributed by atoms with Gasteiger partial charge in [-0.2, -0.15) is 10.2 Å². The summed E-state index contributed by atoms with van der Waals surface area (Å²) >= 11 is 0. The van der Waals surface area contributed by atoms with E-state index in [0.717, 1.165) is 34.4 Å². The zero-order valence-electron chi connectivity index (χ0n) is 18.8. The molecule has 3 aromatic heterocycles. The summed E-state index contributed by atoms with van der Waals surface area (Å²) in [6.45, 7) is 4.05. The summed E-state index contributed by atoms with van der Waals surface area (Å²) in [5, 5.41) is 13.1. The molecule has 2 aromatic carbocycles. The third-order valence-corrected chi connectivity index (χ3v) is 5.74. The molecule has 5 aromatic rings. The van der Waals surface area contributed by atoms with Gasteiger partial charge in [-0.05, 0) is 37.1 Å². The van der Waals surface area contributed by atoms with E-state index in [1.165, 1.54) is 5.56 Å². The van der Waals surface area contributed by atoms with Crippen LogP contribution in [-0.4, -0.2) is 30.5 Å². The van der Waals surface area contributed by atoms with Crippen molar-refractivity contribution in [1.29, 1.82) is 0 Å². The molecule has 164 valence electrons. The molecule has 1 amide bonds. The van der Waals surface area contributed by atoms with Crippen molar-refractivity contribution in [2.75, 3.05) is 5.32 Å². The summed E-state index contributed by atoms with van der Waals surface area (Å²) in [7, 11) is 1.86. The van der Waals surface area contributed by atoms with Gasteiger partial charge in [0.2, 0.25) is 0 Å². The number of amides is 1. The van der Waals surface area contributed by atoms with E-state index in [2.05, 4.69) is 34.5 Å². The number of hydrogen-bond donors (Lipinski definition) is 1. The Bertz CT molecular complexity index is 1450. The van der Waals surface area contributed by atoms with Crippen LogP contribution in [0.1, 0.15) is 28.5 Å². The molecule has 0 aliphatic carbocycles. The highest BCUT2D eigenvalue weighted by Gasteiger charge is 2.19. The number of fused-ring (bicyclic) bond motifs is 1. The van der Waals surface area contributed by atoms with E-state index in [0.29, 0.717) is 16.9 Å². The van der Waals surface area contributed by atoms with Gasteiger partial charge in [0, 0.05) is 24.2 Å². The number of rotatable bonds is 5. The Kier molecular flexibility index (Phi) is 5.22. The lowest BCUT2D eigenvalue weighted by Gasteiger charge is -2.06. The van der Waals surface area contributed by atoms with Crippen LogP contribution in [-0.2, 0) is 13.5 Å². The topological polar surface area (TPSA) is 77.6 Å². The molecular weight excluding hydrogens is 412 g/mol. The van der Waals surface area contributed by atoms with E-state index in [4.69, 9.17) is 5.10 Å². The maximum Gasteiger partial charge on any atom is 0.259 e. The summed E-state index contributed by atoms with van der Waals surface area (Å²) < 4.78 is 3.48. The van der Waals surface area contributed by atoms with Gasteiger partial charge in [0.15, 0.2) is 5.65 Å². The molecule has 7 nitrogen and oxygen atoms in total. The monoisotopic (exact) mass is 436 g/mol. The van der Waals surface area contributed by atoms with Gasteiger partial charge in [-0.25, -0.2) is 9.67 Å². The molecule has 7 heteroatoms. The smallest absolute Gasteiger partial charge is 0.259 e. The lowest BCUT2D eigenvalue weighted by Crippen LogP contribution is -2.12. The SMILES string of the molecule is CCc1ccc(-c2nn(-c3ccccc3)cc2C(=O)Nc2cnc3c(c2)c(C)nn3C)cc1. The van der Waals surface area contributed by atoms with Gasteiger partial charge in [-0.3, -0.25) is 9.48 Å². The molecule has 0 atom stereocenters. The molecule has 0 saturated carbocycles. The van der Waals surface area contributed by atoms with Crippen molar-refractivity contribution in [2.45, 2.75) is 20.3 Å². The van der Waals surface area contributed by atoms with E-state index in [1.807, 2.05) is 62.5 Å². The maximum atomic E-state index is 13.4. The molecule has 3 heterocycles. The Morgan fingerprint density at radius 1 is 1.03 bits per heavy atom. The van der Waals surface area contributed by atoms with Crippen molar-refractivity contribution < 1.29 is 4.79 Å². The highest BCUT2D eigenvalue weighted by molar-refractivity contribution is 6.08. The lowest BCUT2D eigenvalue weighted by atomic mass is 10.0. The molecule has 33 heavy (non-hydrogen) atoms. The summed E-state index contributed by atoms with van der Waals surface area (Å²) in [4.78, 5) is 17.9. The lowest BCUT2D eigenvalue weighted by molar-refractivity contribution is 0.102. The third kappa shape index (κ3) is 3.89. The second-order valence-corrected chi connectivity index (χ2v) is 7.98. The number of nitrogens with zero attached hydrogens (tertiary/aromatic N) is 5. The van der Waals surface area contributed by atoms with Crippen LogP contribution in [0.15, 0.2) is 73.1 Å². The van der Waals surface area contributed by atoms with Gasteiger partial charge in [0.1, 0.15) is 5.69 Å². The predicted octanol–water partition coefficient (Wildman–Crippen LogP) is 4.94. The standard InChI is InChI=1S/C26H24N6O/c1-4-18-10-12-19(13-11-18)24-23(16-32(30-24)21-8-6-5-7-9-21)26(33)28-20-14-22-17(2)29-31(3)25(22)27-15-20/h5-16H,4H2,1-3H3,(H,28,33). The fourth-order valence-corrected chi connectivity index (χ4v) is 3.94. The van der Waals surface area contributed by atoms with Gasteiger partial charge >= 0.3 is 0 Å². The number of nitrogens with one attached hydrogen (secondary N) is 1. The maximum absolute atomic E-state index is 13.4. The Morgan fingerprint density at radius 3 is 2.52 bits per heavy atom. The second-order valence-electron chi connectivity index (χ2n) is 7.98. The average Bonchev–Trinajstić information content (AvgIpc) is 3.41. The fraction of sp³-hybridized carbons (Fsp3) is 0.154. The number of aryl methyl sites for hydroxylation is 3. The molecule has 1 N–H and O–H groups in total. The molecular formula is C26H24N6O. The highest BCUT2D eigenvalue weighted by atomic mass is 16.1. The van der Waals surface area contributed by atoms with Crippen LogP contribution >= 0.6 is 0 Å². The van der Waals surface area contributed by atoms with Crippen molar-refractivity contribution in [3.8, 4) is 16.9 Å². The van der Waals surface area contributed by atoms with E-state index in [-0.39, 0.29) is 5.91 Å². The van der Waals surface area contributed by atoms with Crippen molar-refractivity contribution >= 4 is 22.6 Å². The number of hydrogen-bond acceptors (Lipinski definition) is 4. The van der Waals surface area contributed by atoms with Crippen LogP contribution in [0.5, 0.6) is 0 Å². The zero-order valence-corrected chi connectivity index (χ0v) is 18.8. The summed E-state index contributed by atoms with van der Waals surface area (Å²) in [5.41, 5.74) is 6.39. The van der Waals surface area contributed by atoms with Gasteiger partial charge in [-0.1, -0.05) is 49.4 Å². The van der Waals surface area contributed by atoms with E-state index in [9.17, 15) is 4.79 Å². The number of carbonyl (C=O) groups excluding carboxylic acids is 1. The van der Waals surface area contributed by atoms with Gasteiger partial charge in [0.05, 0.1) is 28.8 Å². The molecule has 0 spiro atoms. The normalized spacial score (nSPS) is 11.1. The fourth-order valence-electron chi connectivity index (χ4n) is 3.94. The summed E-state index contributed by atoms with van der Waals surface area (Å²) in [5.74, 6) is -0.241. The number of anilines is 1. The minimum atomic E-state index is -0.241. The van der Waals surface area contributed by atoms with Crippen molar-refractivity contribution in [3.63, 3.8) is 0 Å². The minimum absolute atomic E-state index is 0.241. The molecule has 0 bridgehead atoms. The van der Waals surface area contributed by atoms with Gasteiger partial charge < -0.3 is 5.32 Å². The number of para-hydroxylation sites is 1. The number of benzene rings is 2. The molecule has 0 radical (unpaired) electrons. The van der Waals surface area contributed by atoms with Crippen molar-refractivity contribution in [1.82, 2.24) is 24.5 Å². The van der Waals surface area contributed by atoms with Crippen LogP contribution in [0.4, 0.5) is 5.69 Å². The molecule has 0 saturated heterocycles. The molecule has 0 aliphatic heterocycles. The number of pyridine rings is 1. The summed E-state index contributed by atoms with van der Waals surface area (Å²) in [6, 6.07) is 19.8. The minimum Gasteiger partial charge on any atom is -0.320 e. The van der Waals surface area contributed by atoms with E-state index < -0.39 is 0 Å². The van der Waals surface area contributed by atoms with E-state index >= 15 is 0 Å². The highest BCUT2D eigenvalue weighted by Crippen LogP contribution is 2.26. The molecule has 0 fully saturated rings. The first-order valence-corrected chi connectivity index (χ1v) is 10.9. The van der Waals surface area contributed by atoms with Crippen LogP contribution < -0.4 is 5.32 Å². The first-order valence-electron chi connectivity index (χ1n) is 10.9. The molecule has 0 aliphatic rings. The Balaban J connectivity index is 1.54.